The van der Waals surface area contributed by atoms with Gasteiger partial charge in [0.05, 0.1) is 0 Å². The van der Waals surface area contributed by atoms with Crippen LogP contribution in [0.4, 0.5) is 17.2 Å². The Labute approximate surface area is 155 Å². The number of Topliss-reactive ketones (excluding diaryl/α,β-unsaturated/α-hetero) is 1. The van der Waals surface area contributed by atoms with Crippen LogP contribution in [0.2, 0.25) is 5.02 Å². The zero-order valence-electron chi connectivity index (χ0n) is 13.9. The number of aromatic nitrogens is 2. The molecule has 2 aromatic carbocycles. The SMILES string of the molecule is CC(=O)c1cccc(NC(=O)c2cc(Nc3cccc(Cl)c3)ncn2)c1. The summed E-state index contributed by atoms with van der Waals surface area (Å²) < 4.78 is 0. The smallest absolute Gasteiger partial charge is 0.274 e. The Balaban J connectivity index is 1.76. The average Bonchev–Trinajstić information content (AvgIpc) is 2.62. The fraction of sp³-hybridized carbons (Fsp3) is 0.0526. The first-order chi connectivity index (χ1) is 12.5. The normalized spacial score (nSPS) is 10.2. The number of hydrogen-bond acceptors (Lipinski definition) is 5. The molecule has 6 nitrogen and oxygen atoms in total. The molecule has 0 bridgehead atoms. The molecule has 0 aliphatic carbocycles. The van der Waals surface area contributed by atoms with Crippen LogP contribution in [0.5, 0.6) is 0 Å². The molecule has 2 N–H and O–H groups in total. The summed E-state index contributed by atoms with van der Waals surface area (Å²) in [6.45, 7) is 1.47. The lowest BCUT2D eigenvalue weighted by molar-refractivity contribution is 0.100. The van der Waals surface area contributed by atoms with E-state index in [2.05, 4.69) is 20.6 Å². The van der Waals surface area contributed by atoms with Gasteiger partial charge in [-0.3, -0.25) is 9.59 Å². The Hall–Kier alpha value is -3.25. The van der Waals surface area contributed by atoms with Crippen molar-refractivity contribution in [2.24, 2.45) is 0 Å². The van der Waals surface area contributed by atoms with Gasteiger partial charge in [0, 0.05) is 28.0 Å². The number of nitrogens with zero attached hydrogens (tertiary/aromatic N) is 2. The van der Waals surface area contributed by atoms with Crippen LogP contribution >= 0.6 is 11.6 Å². The summed E-state index contributed by atoms with van der Waals surface area (Å²) in [5.41, 5.74) is 1.98. The Morgan fingerprint density at radius 2 is 1.73 bits per heavy atom. The van der Waals surface area contributed by atoms with Gasteiger partial charge in [0.25, 0.3) is 5.91 Å². The number of halogens is 1. The van der Waals surface area contributed by atoms with Crippen LogP contribution in [0, 0.1) is 0 Å². The molecule has 0 unspecified atom stereocenters. The van der Waals surface area contributed by atoms with Gasteiger partial charge < -0.3 is 10.6 Å². The maximum Gasteiger partial charge on any atom is 0.274 e. The van der Waals surface area contributed by atoms with Crippen molar-refractivity contribution >= 4 is 40.5 Å². The molecule has 0 atom stereocenters. The van der Waals surface area contributed by atoms with Gasteiger partial charge >= 0.3 is 0 Å². The molecule has 0 saturated carbocycles. The quantitative estimate of drug-likeness (QED) is 0.656. The minimum Gasteiger partial charge on any atom is -0.340 e. The third kappa shape index (κ3) is 4.43. The summed E-state index contributed by atoms with van der Waals surface area (Å²) >= 11 is 5.96. The lowest BCUT2D eigenvalue weighted by atomic mass is 10.1. The molecule has 3 aromatic rings. The third-order valence-corrected chi connectivity index (χ3v) is 3.76. The molecular formula is C19H15ClN4O2. The second-order valence-electron chi connectivity index (χ2n) is 5.51. The number of hydrogen-bond donors (Lipinski definition) is 2. The van der Waals surface area contributed by atoms with Gasteiger partial charge in [-0.05, 0) is 37.3 Å². The fourth-order valence-electron chi connectivity index (χ4n) is 2.28. The zero-order valence-corrected chi connectivity index (χ0v) is 14.6. The van der Waals surface area contributed by atoms with Crippen LogP contribution in [0.3, 0.4) is 0 Å². The predicted octanol–water partition coefficient (Wildman–Crippen LogP) is 4.33. The monoisotopic (exact) mass is 366 g/mol. The van der Waals surface area contributed by atoms with Crippen LogP contribution in [0.15, 0.2) is 60.9 Å². The lowest BCUT2D eigenvalue weighted by Gasteiger charge is -2.08. The Bertz CT molecular complexity index is 975. The second-order valence-corrected chi connectivity index (χ2v) is 5.95. The van der Waals surface area contributed by atoms with E-state index in [0.29, 0.717) is 22.1 Å². The number of carbonyl (C=O) groups is 2. The zero-order chi connectivity index (χ0) is 18.5. The first-order valence-electron chi connectivity index (χ1n) is 7.78. The van der Waals surface area contributed by atoms with Crippen molar-refractivity contribution in [2.75, 3.05) is 10.6 Å². The number of nitrogens with one attached hydrogen (secondary N) is 2. The highest BCUT2D eigenvalue weighted by Gasteiger charge is 2.10. The van der Waals surface area contributed by atoms with Crippen molar-refractivity contribution in [3.63, 3.8) is 0 Å². The predicted molar refractivity (Wildman–Crippen MR) is 101 cm³/mol. The number of anilines is 3. The first kappa shape index (κ1) is 17.6. The van der Waals surface area contributed by atoms with E-state index >= 15 is 0 Å². The van der Waals surface area contributed by atoms with Crippen molar-refractivity contribution in [3.8, 4) is 0 Å². The van der Waals surface area contributed by atoms with Gasteiger partial charge in [-0.2, -0.15) is 0 Å². The molecule has 0 spiro atoms. The number of rotatable bonds is 5. The number of amides is 1. The largest absolute Gasteiger partial charge is 0.340 e. The van der Waals surface area contributed by atoms with Crippen LogP contribution in [0.1, 0.15) is 27.8 Å². The lowest BCUT2D eigenvalue weighted by Crippen LogP contribution is -2.14. The highest BCUT2D eigenvalue weighted by atomic mass is 35.5. The molecular weight excluding hydrogens is 352 g/mol. The summed E-state index contributed by atoms with van der Waals surface area (Å²) in [6.07, 6.45) is 1.30. The summed E-state index contributed by atoms with van der Waals surface area (Å²) in [6, 6.07) is 15.4. The highest BCUT2D eigenvalue weighted by molar-refractivity contribution is 6.30. The highest BCUT2D eigenvalue weighted by Crippen LogP contribution is 2.19. The third-order valence-electron chi connectivity index (χ3n) is 3.52. The molecule has 3 rings (SSSR count). The average molecular weight is 367 g/mol. The minimum absolute atomic E-state index is 0.0730. The van der Waals surface area contributed by atoms with E-state index in [0.717, 1.165) is 5.69 Å². The fourth-order valence-corrected chi connectivity index (χ4v) is 2.47. The van der Waals surface area contributed by atoms with Crippen molar-refractivity contribution in [1.29, 1.82) is 0 Å². The molecule has 0 aliphatic heterocycles. The molecule has 26 heavy (non-hydrogen) atoms. The number of ketones is 1. The van der Waals surface area contributed by atoms with E-state index in [1.807, 2.05) is 12.1 Å². The van der Waals surface area contributed by atoms with E-state index in [4.69, 9.17) is 11.6 Å². The topological polar surface area (TPSA) is 84.0 Å². The molecule has 0 saturated heterocycles. The van der Waals surface area contributed by atoms with Gasteiger partial charge in [-0.15, -0.1) is 0 Å². The second kappa shape index (κ2) is 7.76. The summed E-state index contributed by atoms with van der Waals surface area (Å²) in [7, 11) is 0. The Kier molecular flexibility index (Phi) is 5.24. The number of benzene rings is 2. The number of carbonyl (C=O) groups excluding carboxylic acids is 2. The molecule has 0 radical (unpaired) electrons. The van der Waals surface area contributed by atoms with E-state index < -0.39 is 5.91 Å². The van der Waals surface area contributed by atoms with E-state index in [9.17, 15) is 9.59 Å². The van der Waals surface area contributed by atoms with E-state index in [1.165, 1.54) is 19.3 Å². The molecule has 1 aromatic heterocycles. The maximum absolute atomic E-state index is 12.4. The first-order valence-corrected chi connectivity index (χ1v) is 8.16. The maximum atomic E-state index is 12.4. The molecule has 130 valence electrons. The molecule has 0 aliphatic rings. The molecule has 1 heterocycles. The van der Waals surface area contributed by atoms with Crippen LogP contribution in [-0.4, -0.2) is 21.7 Å². The Morgan fingerprint density at radius 1 is 0.962 bits per heavy atom. The summed E-state index contributed by atoms with van der Waals surface area (Å²) in [4.78, 5) is 32.0. The van der Waals surface area contributed by atoms with E-state index in [1.54, 1.807) is 36.4 Å². The van der Waals surface area contributed by atoms with Crippen molar-refractivity contribution in [1.82, 2.24) is 9.97 Å². The molecule has 7 heteroatoms. The van der Waals surface area contributed by atoms with Crippen LogP contribution in [-0.2, 0) is 0 Å². The standard InChI is InChI=1S/C19H15ClN4O2/c1-12(25)13-4-2-6-15(8-13)24-19(26)17-10-18(22-11-21-17)23-16-7-3-5-14(20)9-16/h2-11H,1H3,(H,24,26)(H,21,22,23). The van der Waals surface area contributed by atoms with Gasteiger partial charge in [0.1, 0.15) is 17.8 Å². The van der Waals surface area contributed by atoms with Crippen molar-refractivity contribution < 1.29 is 9.59 Å². The Morgan fingerprint density at radius 3 is 2.50 bits per heavy atom. The summed E-state index contributed by atoms with van der Waals surface area (Å²) in [5, 5.41) is 6.38. The van der Waals surface area contributed by atoms with Crippen LogP contribution < -0.4 is 10.6 Å². The minimum atomic E-state index is -0.401. The van der Waals surface area contributed by atoms with Gasteiger partial charge in [-0.1, -0.05) is 29.8 Å². The molecule has 0 fully saturated rings. The van der Waals surface area contributed by atoms with Gasteiger partial charge in [0.2, 0.25) is 0 Å². The van der Waals surface area contributed by atoms with E-state index in [-0.39, 0.29) is 11.5 Å². The van der Waals surface area contributed by atoms with Crippen LogP contribution in [0.25, 0.3) is 0 Å². The molecule has 1 amide bonds. The van der Waals surface area contributed by atoms with Gasteiger partial charge in [-0.25, -0.2) is 9.97 Å². The van der Waals surface area contributed by atoms with Crippen molar-refractivity contribution in [3.05, 3.63) is 77.2 Å². The summed E-state index contributed by atoms with van der Waals surface area (Å²) in [5.74, 6) is -0.0108. The van der Waals surface area contributed by atoms with Gasteiger partial charge in [0.15, 0.2) is 5.78 Å². The van der Waals surface area contributed by atoms with Crippen molar-refractivity contribution in [2.45, 2.75) is 6.92 Å².